The molecule has 2 aromatic rings. The number of methoxy groups -OCH3 is 1. The van der Waals surface area contributed by atoms with Crippen LogP contribution < -0.4 is 0 Å². The van der Waals surface area contributed by atoms with E-state index in [2.05, 4.69) is 39.0 Å². The summed E-state index contributed by atoms with van der Waals surface area (Å²) in [7, 11) is 1.55. The zero-order valence-electron chi connectivity index (χ0n) is 13.4. The Morgan fingerprint density at radius 3 is 2.74 bits per heavy atom. The van der Waals surface area contributed by atoms with Crippen molar-refractivity contribution in [3.05, 3.63) is 47.5 Å². The molecule has 0 radical (unpaired) electrons. The summed E-state index contributed by atoms with van der Waals surface area (Å²) in [6, 6.07) is 10.4. The number of rotatable bonds is 5. The molecular formula is C17H22N4O2. The molecule has 122 valence electrons. The molecule has 1 aromatic carbocycles. The molecule has 6 heteroatoms. The topological polar surface area (TPSA) is 60.2 Å². The predicted molar refractivity (Wildman–Crippen MR) is 86.0 cm³/mol. The fourth-order valence-corrected chi connectivity index (χ4v) is 2.93. The maximum Gasteiger partial charge on any atom is 0.248 e. The lowest BCUT2D eigenvalue weighted by Crippen LogP contribution is -2.36. The van der Waals surface area contributed by atoms with E-state index in [1.807, 2.05) is 11.0 Å². The minimum Gasteiger partial charge on any atom is -0.375 e. The van der Waals surface area contributed by atoms with Crippen LogP contribution in [0.1, 0.15) is 17.2 Å². The van der Waals surface area contributed by atoms with Gasteiger partial charge in [-0.1, -0.05) is 30.3 Å². The van der Waals surface area contributed by atoms with Crippen LogP contribution in [0.25, 0.3) is 0 Å². The number of ether oxygens (including phenoxy) is 1. The normalized spacial score (nSPS) is 14.4. The lowest BCUT2D eigenvalue weighted by molar-refractivity contribution is -0.135. The van der Waals surface area contributed by atoms with Crippen LogP contribution in [0, 0.1) is 0 Å². The quantitative estimate of drug-likeness (QED) is 0.829. The molecule has 6 nitrogen and oxygen atoms in total. The van der Waals surface area contributed by atoms with E-state index in [1.54, 1.807) is 7.11 Å². The number of aromatic nitrogens is 3. The third-order valence-electron chi connectivity index (χ3n) is 4.20. The van der Waals surface area contributed by atoms with E-state index in [9.17, 15) is 4.79 Å². The van der Waals surface area contributed by atoms with Crippen molar-refractivity contribution in [1.82, 2.24) is 19.7 Å². The second kappa shape index (κ2) is 7.37. The molecule has 0 aliphatic carbocycles. The van der Waals surface area contributed by atoms with Gasteiger partial charge in [0.25, 0.3) is 0 Å². The highest BCUT2D eigenvalue weighted by Crippen LogP contribution is 2.12. The minimum atomic E-state index is 0.0389. The van der Waals surface area contributed by atoms with E-state index in [4.69, 9.17) is 4.74 Å². The monoisotopic (exact) mass is 314 g/mol. The molecule has 1 aliphatic heterocycles. The van der Waals surface area contributed by atoms with E-state index in [1.165, 1.54) is 5.56 Å². The number of benzene rings is 1. The third-order valence-corrected chi connectivity index (χ3v) is 4.20. The maximum absolute atomic E-state index is 12.0. The van der Waals surface area contributed by atoms with Crippen LogP contribution >= 0.6 is 0 Å². The van der Waals surface area contributed by atoms with Crippen LogP contribution in [0.5, 0.6) is 0 Å². The molecular weight excluding hydrogens is 292 g/mol. The first-order chi connectivity index (χ1) is 11.3. The molecule has 2 heterocycles. The zero-order chi connectivity index (χ0) is 16.1. The van der Waals surface area contributed by atoms with Crippen molar-refractivity contribution in [3.63, 3.8) is 0 Å². The highest BCUT2D eigenvalue weighted by Gasteiger charge is 2.21. The molecule has 0 saturated heterocycles. The van der Waals surface area contributed by atoms with Crippen molar-refractivity contribution in [2.45, 2.75) is 25.8 Å². The van der Waals surface area contributed by atoms with Gasteiger partial charge in [0.2, 0.25) is 5.91 Å². The average molecular weight is 314 g/mol. The van der Waals surface area contributed by atoms with Crippen molar-refractivity contribution in [1.29, 1.82) is 0 Å². The van der Waals surface area contributed by atoms with Crippen molar-refractivity contribution >= 4 is 5.91 Å². The molecule has 0 spiro atoms. The molecule has 3 rings (SSSR count). The van der Waals surface area contributed by atoms with Gasteiger partial charge in [0, 0.05) is 39.6 Å². The maximum atomic E-state index is 12.0. The number of hydrogen-bond donors (Lipinski definition) is 0. The number of hydrogen-bond acceptors (Lipinski definition) is 4. The molecule has 0 atom stereocenters. The summed E-state index contributed by atoms with van der Waals surface area (Å²) in [5.41, 5.74) is 1.30. The standard InChI is InChI=1S/C17H22N4O2/c1-23-13-17(22)20-10-9-16-19-18-15(21(16)12-11-20)8-7-14-5-3-2-4-6-14/h2-6H,7-13H2,1H3. The van der Waals surface area contributed by atoms with Crippen molar-refractivity contribution in [3.8, 4) is 0 Å². The molecule has 0 bridgehead atoms. The van der Waals surface area contributed by atoms with E-state index < -0.39 is 0 Å². The van der Waals surface area contributed by atoms with Crippen LogP contribution in [0.3, 0.4) is 0 Å². The van der Waals surface area contributed by atoms with Crippen molar-refractivity contribution in [2.24, 2.45) is 0 Å². The summed E-state index contributed by atoms with van der Waals surface area (Å²) in [6.07, 6.45) is 2.56. The molecule has 23 heavy (non-hydrogen) atoms. The summed E-state index contributed by atoms with van der Waals surface area (Å²) in [5, 5.41) is 8.66. The van der Waals surface area contributed by atoms with Gasteiger partial charge in [-0.25, -0.2) is 0 Å². The SMILES string of the molecule is COCC(=O)N1CCc2nnc(CCc3ccccc3)n2CC1. The molecule has 1 aliphatic rings. The Kier molecular flexibility index (Phi) is 5.02. The highest BCUT2D eigenvalue weighted by atomic mass is 16.5. The van der Waals surface area contributed by atoms with E-state index in [0.29, 0.717) is 13.1 Å². The molecule has 1 aromatic heterocycles. The summed E-state index contributed by atoms with van der Waals surface area (Å²) in [6.45, 7) is 2.26. The fourth-order valence-electron chi connectivity index (χ4n) is 2.93. The number of nitrogens with zero attached hydrogens (tertiary/aromatic N) is 4. The Morgan fingerprint density at radius 2 is 1.96 bits per heavy atom. The average Bonchev–Trinajstić information content (AvgIpc) is 2.83. The lowest BCUT2D eigenvalue weighted by atomic mass is 10.1. The van der Waals surface area contributed by atoms with Crippen LogP contribution in [0.4, 0.5) is 0 Å². The Morgan fingerprint density at radius 1 is 1.13 bits per heavy atom. The van der Waals surface area contributed by atoms with Crippen LogP contribution in [0.2, 0.25) is 0 Å². The second-order valence-corrected chi connectivity index (χ2v) is 5.73. The number of aryl methyl sites for hydroxylation is 2. The molecule has 0 N–H and O–H groups in total. The predicted octanol–water partition coefficient (Wildman–Crippen LogP) is 1.09. The highest BCUT2D eigenvalue weighted by molar-refractivity contribution is 5.77. The first kappa shape index (κ1) is 15.7. The number of fused-ring (bicyclic) bond motifs is 1. The van der Waals surface area contributed by atoms with Crippen molar-refractivity contribution < 1.29 is 9.53 Å². The van der Waals surface area contributed by atoms with E-state index in [0.717, 1.165) is 37.5 Å². The molecule has 0 fully saturated rings. The Balaban J connectivity index is 1.64. The lowest BCUT2D eigenvalue weighted by Gasteiger charge is -2.19. The Labute approximate surface area is 136 Å². The van der Waals surface area contributed by atoms with Gasteiger partial charge in [-0.05, 0) is 12.0 Å². The fraction of sp³-hybridized carbons (Fsp3) is 0.471. The van der Waals surface area contributed by atoms with Gasteiger partial charge in [-0.15, -0.1) is 10.2 Å². The van der Waals surface area contributed by atoms with Crippen LogP contribution in [-0.4, -0.2) is 52.4 Å². The van der Waals surface area contributed by atoms with Crippen LogP contribution in [-0.2, 0) is 35.3 Å². The number of carbonyl (C=O) groups excluding carboxylic acids is 1. The van der Waals surface area contributed by atoms with Gasteiger partial charge in [0.15, 0.2) is 0 Å². The first-order valence-electron chi connectivity index (χ1n) is 7.99. The molecule has 0 unspecified atom stereocenters. The Bertz CT molecular complexity index is 654. The summed E-state index contributed by atoms with van der Waals surface area (Å²) < 4.78 is 7.11. The largest absolute Gasteiger partial charge is 0.375 e. The van der Waals surface area contributed by atoms with Gasteiger partial charge in [0.05, 0.1) is 0 Å². The van der Waals surface area contributed by atoms with Crippen LogP contribution in [0.15, 0.2) is 30.3 Å². The summed E-state index contributed by atoms with van der Waals surface area (Å²) in [5.74, 6) is 2.02. The van der Waals surface area contributed by atoms with Gasteiger partial charge < -0.3 is 14.2 Å². The summed E-state index contributed by atoms with van der Waals surface area (Å²) in [4.78, 5) is 13.8. The smallest absolute Gasteiger partial charge is 0.248 e. The van der Waals surface area contributed by atoms with E-state index in [-0.39, 0.29) is 12.5 Å². The number of carbonyl (C=O) groups is 1. The Hall–Kier alpha value is -2.21. The zero-order valence-corrected chi connectivity index (χ0v) is 13.4. The molecule has 0 saturated carbocycles. The van der Waals surface area contributed by atoms with Gasteiger partial charge in [-0.3, -0.25) is 4.79 Å². The van der Waals surface area contributed by atoms with Crippen molar-refractivity contribution in [2.75, 3.05) is 26.8 Å². The third kappa shape index (κ3) is 3.76. The van der Waals surface area contributed by atoms with Gasteiger partial charge >= 0.3 is 0 Å². The number of amides is 1. The second-order valence-electron chi connectivity index (χ2n) is 5.73. The minimum absolute atomic E-state index is 0.0389. The molecule has 1 amide bonds. The first-order valence-corrected chi connectivity index (χ1v) is 7.99. The van der Waals surface area contributed by atoms with Gasteiger partial charge in [-0.2, -0.15) is 0 Å². The van der Waals surface area contributed by atoms with Gasteiger partial charge in [0.1, 0.15) is 18.3 Å². The van der Waals surface area contributed by atoms with E-state index >= 15 is 0 Å². The summed E-state index contributed by atoms with van der Waals surface area (Å²) >= 11 is 0.